The lowest BCUT2D eigenvalue weighted by molar-refractivity contribution is -0.145. The number of aromatic amines is 1. The molecule has 10 amide bonds. The van der Waals surface area contributed by atoms with Crippen LogP contribution in [-0.2, 0) is 86.4 Å². The van der Waals surface area contributed by atoms with E-state index in [2.05, 4.69) is 52.8 Å². The van der Waals surface area contributed by atoms with Gasteiger partial charge in [0.25, 0.3) is 5.97 Å². The van der Waals surface area contributed by atoms with E-state index in [1.807, 2.05) is 0 Å². The van der Waals surface area contributed by atoms with Crippen molar-refractivity contribution >= 4 is 115 Å². The first kappa shape index (κ1) is 81.8. The molecule has 0 radical (unpaired) electrons. The summed E-state index contributed by atoms with van der Waals surface area (Å²) in [6.07, 6.45) is -1.85. The molecule has 101 heavy (non-hydrogen) atoms. The molecule has 4 unspecified atom stereocenters. The number of carboxylic acids is 4. The molecule has 4 aromatic rings. The number of nitrogens with zero attached hydrogens (tertiary/aromatic N) is 1. The summed E-state index contributed by atoms with van der Waals surface area (Å²) in [7, 11) is 1.65. The Morgan fingerprint density at radius 1 is 0.644 bits per heavy atom. The number of aliphatic hydroxyl groups is 1. The first-order valence-electron chi connectivity index (χ1n) is 32.5. The summed E-state index contributed by atoms with van der Waals surface area (Å²) in [6, 6.07) is 3.64. The Hall–Kier alpha value is -9.84. The zero-order valence-electron chi connectivity index (χ0n) is 56.0. The zero-order chi connectivity index (χ0) is 74.6. The lowest BCUT2D eigenvalue weighted by atomic mass is 10.0. The topological polar surface area (TPSA) is 540 Å². The van der Waals surface area contributed by atoms with Gasteiger partial charge in [0.2, 0.25) is 59.1 Å². The molecule has 0 bridgehead atoms. The van der Waals surface area contributed by atoms with Crippen LogP contribution in [0, 0.1) is 5.92 Å². The zero-order valence-corrected chi connectivity index (χ0v) is 57.6. The number of carboxylic acid groups (broad SMARTS) is 4. The van der Waals surface area contributed by atoms with Gasteiger partial charge in [0.15, 0.2) is 0 Å². The first-order valence-corrected chi connectivity index (χ1v) is 35.0. The van der Waals surface area contributed by atoms with Crippen molar-refractivity contribution in [3.8, 4) is 5.75 Å². The molecule has 2 saturated heterocycles. The first-order chi connectivity index (χ1) is 47.9. The second-order valence-corrected chi connectivity index (χ2v) is 27.1. The Morgan fingerprint density at radius 3 is 1.80 bits per heavy atom. The summed E-state index contributed by atoms with van der Waals surface area (Å²) >= 11 is 0. The number of phenolic OH excluding ortho intramolecular Hbond substituents is 1. The molecule has 0 spiro atoms. The standard InChI is InChI=1S/C64H85N13O18S2.C2H4O2/c1-33(2)52(64(94)95)75-61(91)48-32-97-96-31-47(73-59(89)46(29-51(82)83)72-62(92)49-17-11-25-77(49)63(93)53(34(3)78)76-54(84)40(66)22-23-50(80)81)60(90)70-43(26-35-12-5-4-6-13-35)56(86)71-45(28-37-30-67-41-15-8-7-14-39(37)41)58(88)68-42(16-9-10-24-65)55(85)69-44(57(87)74-48)27-36-18-20-38(79)21-19-36;1-2(3)4/h4-8,12-15,18-21,30,33-34,40,42-49,52-53,67,78-79H,9-11,16-17,22-29,31-32,65-66H2,1-3H3,(H,68,88)(H,69,85)(H,70,90)(H,71,86)(H,72,92)(H,73,89)(H,74,87)(H,75,91)(H,76,84)(H,80,81)(H,82,83)(H,94,95);1H3,(H,3,4)/t34-,40+,42?,43?,44+,45+,46+,47?,48?,49+,52+,53+;/m1./s1. The summed E-state index contributed by atoms with van der Waals surface area (Å²) < 4.78 is 0. The Balaban J connectivity index is 0.00000447. The number of hydrogen-bond donors (Lipinski definition) is 18. The number of aliphatic carboxylic acids is 4. The molecule has 3 heterocycles. The maximum absolute atomic E-state index is 15.1. The summed E-state index contributed by atoms with van der Waals surface area (Å²) in [5.41, 5.74) is 13.9. The number of aromatic nitrogens is 1. The second kappa shape index (κ2) is 40.4. The average Bonchev–Trinajstić information content (AvgIpc) is 1.74. The van der Waals surface area contributed by atoms with Gasteiger partial charge in [-0.15, -0.1) is 0 Å². The number of phenols is 1. The summed E-state index contributed by atoms with van der Waals surface area (Å²) in [5.74, 6) is -16.8. The Labute approximate surface area is 588 Å². The van der Waals surface area contributed by atoms with Crippen LogP contribution in [0.4, 0.5) is 0 Å². The number of unbranched alkanes of at least 4 members (excludes halogenated alkanes) is 1. The number of benzene rings is 3. The molecule has 0 saturated carbocycles. The molecule has 12 atom stereocenters. The maximum Gasteiger partial charge on any atom is 0.326 e. The van der Waals surface area contributed by atoms with Crippen LogP contribution in [-0.4, -0.2) is 221 Å². The smallest absolute Gasteiger partial charge is 0.326 e. The van der Waals surface area contributed by atoms with Crippen LogP contribution in [0.25, 0.3) is 10.9 Å². The largest absolute Gasteiger partial charge is 0.508 e. The molecule has 550 valence electrons. The fourth-order valence-corrected chi connectivity index (χ4v) is 13.1. The van der Waals surface area contributed by atoms with Crippen molar-refractivity contribution < 1.29 is 97.8 Å². The summed E-state index contributed by atoms with van der Waals surface area (Å²) in [5, 5.41) is 81.5. The normalized spacial score (nSPS) is 21.0. The predicted octanol–water partition coefficient (Wildman–Crippen LogP) is -1.34. The second-order valence-electron chi connectivity index (χ2n) is 24.5. The Bertz CT molecular complexity index is 3560. The van der Waals surface area contributed by atoms with Crippen molar-refractivity contribution in [3.63, 3.8) is 0 Å². The van der Waals surface area contributed by atoms with Crippen molar-refractivity contribution in [2.24, 2.45) is 17.4 Å². The Morgan fingerprint density at radius 2 is 1.21 bits per heavy atom. The molecule has 33 nitrogen and oxygen atoms in total. The highest BCUT2D eigenvalue weighted by Crippen LogP contribution is 2.26. The van der Waals surface area contributed by atoms with Crippen LogP contribution >= 0.6 is 21.6 Å². The van der Waals surface area contributed by atoms with E-state index in [0.717, 1.165) is 33.4 Å². The summed E-state index contributed by atoms with van der Waals surface area (Å²) in [4.78, 5) is 194. The van der Waals surface area contributed by atoms with Crippen LogP contribution < -0.4 is 59.3 Å². The number of H-pyrrole nitrogens is 1. The van der Waals surface area contributed by atoms with Gasteiger partial charge in [-0.25, -0.2) is 4.79 Å². The molecule has 0 aliphatic carbocycles. The third-order valence-electron chi connectivity index (χ3n) is 16.2. The van der Waals surface area contributed by atoms with Gasteiger partial charge < -0.3 is 99.8 Å². The quantitative estimate of drug-likeness (QED) is 0.0243. The third-order valence-corrected chi connectivity index (χ3v) is 18.6. The lowest BCUT2D eigenvalue weighted by Crippen LogP contribution is -2.62. The number of likely N-dealkylation sites (tertiary alicyclic amines) is 1. The van der Waals surface area contributed by atoms with E-state index in [1.165, 1.54) is 45.0 Å². The van der Waals surface area contributed by atoms with Gasteiger partial charge in [0, 0.05) is 67.8 Å². The van der Waals surface area contributed by atoms with Gasteiger partial charge in [-0.05, 0) is 92.8 Å². The van der Waals surface area contributed by atoms with Gasteiger partial charge >= 0.3 is 17.9 Å². The lowest BCUT2D eigenvalue weighted by Gasteiger charge is -2.31. The molecule has 2 aliphatic heterocycles. The van der Waals surface area contributed by atoms with Gasteiger partial charge in [-0.3, -0.25) is 62.3 Å². The van der Waals surface area contributed by atoms with Crippen molar-refractivity contribution in [1.29, 1.82) is 0 Å². The van der Waals surface area contributed by atoms with E-state index in [0.29, 0.717) is 34.0 Å². The summed E-state index contributed by atoms with van der Waals surface area (Å²) in [6.45, 7) is 5.40. The molecule has 2 fully saturated rings. The minimum absolute atomic E-state index is 0.0443. The van der Waals surface area contributed by atoms with E-state index >= 15 is 14.4 Å². The number of amides is 10. The maximum atomic E-state index is 15.1. The average molecular weight is 1450 g/mol. The minimum Gasteiger partial charge on any atom is -0.508 e. The highest BCUT2D eigenvalue weighted by Gasteiger charge is 2.42. The number of carbonyl (C=O) groups excluding carboxylic acids is 10. The molecule has 6 rings (SSSR count). The SMILES string of the molecule is CC(=O)O.CC(C)[C@H](NC(=O)C1CSSCC(NC(=O)[C@H](CC(=O)O)NC(=O)[C@@H]2CCCN2C(=O)[C@@H](NC(=O)[C@@H](N)CCC(=O)O)[C@@H](C)O)C(=O)NC(Cc2ccccc2)C(=O)N[C@@H](Cc2c[nH]c3ccccc23)C(=O)NC(CCCCN)C(=O)N[C@@H](Cc2ccc(O)cc2)C(=O)N1)C(=O)O. The fourth-order valence-electron chi connectivity index (χ4n) is 10.8. The number of aliphatic hydroxyl groups excluding tert-OH is 1. The number of rotatable bonds is 27. The molecular formula is C66H89N13O20S2. The highest BCUT2D eigenvalue weighted by molar-refractivity contribution is 8.76. The van der Waals surface area contributed by atoms with Gasteiger partial charge in [0.05, 0.1) is 18.6 Å². The van der Waals surface area contributed by atoms with Crippen molar-refractivity contribution in [2.75, 3.05) is 24.6 Å². The number of hydrogen-bond acceptors (Lipinski definition) is 20. The monoisotopic (exact) mass is 1450 g/mol. The van der Waals surface area contributed by atoms with E-state index in [-0.39, 0.29) is 70.2 Å². The number of nitrogens with one attached hydrogen (secondary N) is 10. The van der Waals surface area contributed by atoms with Crippen LogP contribution in [0.2, 0.25) is 0 Å². The van der Waals surface area contributed by atoms with Crippen LogP contribution in [0.5, 0.6) is 5.75 Å². The van der Waals surface area contributed by atoms with Gasteiger partial charge in [-0.1, -0.05) is 96.1 Å². The predicted molar refractivity (Wildman–Crippen MR) is 368 cm³/mol. The molecule has 35 heteroatoms. The number of para-hydroxylation sites is 1. The number of aromatic hydroxyl groups is 1. The van der Waals surface area contributed by atoms with Crippen LogP contribution in [0.1, 0.15) is 95.8 Å². The van der Waals surface area contributed by atoms with E-state index < -0.39 is 186 Å². The Kier molecular flexibility index (Phi) is 32.7. The van der Waals surface area contributed by atoms with Gasteiger partial charge in [0.1, 0.15) is 66.2 Å². The molecule has 1 aromatic heterocycles. The van der Waals surface area contributed by atoms with E-state index in [1.54, 1.807) is 60.8 Å². The molecule has 3 aromatic carbocycles. The van der Waals surface area contributed by atoms with Crippen molar-refractivity contribution in [3.05, 3.63) is 102 Å². The van der Waals surface area contributed by atoms with Crippen molar-refractivity contribution in [1.82, 2.24) is 57.7 Å². The van der Waals surface area contributed by atoms with E-state index in [4.69, 9.17) is 26.5 Å². The number of carbonyl (C=O) groups is 14. The van der Waals surface area contributed by atoms with Crippen LogP contribution in [0.3, 0.4) is 0 Å². The molecular weight excluding hydrogens is 1360 g/mol. The highest BCUT2D eigenvalue weighted by atomic mass is 33.1. The minimum atomic E-state index is -2.00. The van der Waals surface area contributed by atoms with Crippen LogP contribution in [0.15, 0.2) is 85.1 Å². The molecule has 2 aliphatic rings. The number of fused-ring (bicyclic) bond motifs is 1. The van der Waals surface area contributed by atoms with E-state index in [9.17, 15) is 68.4 Å². The third kappa shape index (κ3) is 26.3. The van der Waals surface area contributed by atoms with Gasteiger partial charge in [-0.2, -0.15) is 0 Å². The fraction of sp³-hybridized carbons (Fsp3) is 0.485. The molecule has 20 N–H and O–H groups in total. The number of nitrogens with two attached hydrogens (primary N) is 2. The van der Waals surface area contributed by atoms with Crippen molar-refractivity contribution in [2.45, 2.75) is 171 Å².